The van der Waals surface area contributed by atoms with Crippen LogP contribution >= 0.6 is 18.9 Å². The van der Waals surface area contributed by atoms with Gasteiger partial charge in [-0.3, -0.25) is 0 Å². The number of halogens is 4. The van der Waals surface area contributed by atoms with Gasteiger partial charge in [0, 0.05) is 47.5 Å². The predicted molar refractivity (Wildman–Crippen MR) is 264 cm³/mol. The third-order valence-corrected chi connectivity index (χ3v) is 11.2. The molecule has 0 spiro atoms. The van der Waals surface area contributed by atoms with Crippen molar-refractivity contribution in [2.45, 2.75) is 113 Å². The van der Waals surface area contributed by atoms with E-state index in [1.807, 2.05) is 0 Å². The third-order valence-electron chi connectivity index (χ3n) is 10.6. The van der Waals surface area contributed by atoms with Gasteiger partial charge in [-0.25, -0.2) is 17.6 Å². The summed E-state index contributed by atoms with van der Waals surface area (Å²) in [5.41, 5.74) is 0. The van der Waals surface area contributed by atoms with Crippen LogP contribution in [0.25, 0.3) is 0 Å². The molecular weight excluding hydrogens is 954 g/mol. The van der Waals surface area contributed by atoms with Crippen molar-refractivity contribution in [3.63, 3.8) is 0 Å². The lowest BCUT2D eigenvalue weighted by molar-refractivity contribution is -0.0985. The average molecular weight is 1030 g/mol. The molecule has 12 nitrogen and oxygen atoms in total. The highest BCUT2D eigenvalue weighted by Gasteiger charge is 2.27. The quantitative estimate of drug-likeness (QED) is 0.0479. The first-order valence-corrected chi connectivity index (χ1v) is 24.1. The van der Waals surface area contributed by atoms with Gasteiger partial charge in [-0.1, -0.05) is 23.7 Å². The molecule has 18 heteroatoms. The van der Waals surface area contributed by atoms with Crippen molar-refractivity contribution in [1.82, 2.24) is 0 Å². The van der Waals surface area contributed by atoms with Crippen LogP contribution in [0.3, 0.4) is 0 Å². The van der Waals surface area contributed by atoms with E-state index in [0.717, 1.165) is 44.9 Å². The fraction of sp³-hybridized carbons (Fsp3) is 0.462. The van der Waals surface area contributed by atoms with E-state index in [4.69, 9.17) is 57.2 Å². The van der Waals surface area contributed by atoms with Crippen molar-refractivity contribution in [2.24, 2.45) is 0 Å². The van der Waals surface area contributed by atoms with Gasteiger partial charge in [-0.2, -0.15) is 0 Å². The van der Waals surface area contributed by atoms with Gasteiger partial charge in [0.1, 0.15) is 84.9 Å². The zero-order chi connectivity index (χ0) is 49.8. The van der Waals surface area contributed by atoms with Gasteiger partial charge in [0.15, 0.2) is 12.6 Å². The molecular formula is C52H66F4O12P2. The van der Waals surface area contributed by atoms with E-state index in [-0.39, 0.29) is 75.6 Å². The number of hydrogen-bond donors (Lipinski definition) is 2. The standard InChI is InChI=1S/C15H18FO3P.C15H17FO3.C11H14FO3P.C11H13FO3.2H2/c16-12-4-6-13(7-5-12)17-11-15-9-8-14(19-15)3-1-2-10-18-20;16-12-4-6-13(7-5-12)18-11-15-9-8-14(19-15)3-1-2-10-17;12-8-1-3-9(4-2-8)13-7-10-5-6-11(14-10)15-16;12-8-1-3-9(4-2-8)14-7-10-5-6-11(13)15-10;;/h4-7,14-15H,2,8-11,20H2;4-7,14-15,17H,2,8-11H2;1-4,10-11H,5-7,16H2;1-4,10-11,13H,5-7H2;2*1H/t;14?,15-;;10-,11?;;/m.0.0../s1/i;;;;2*1+2. The zero-order valence-electron chi connectivity index (χ0n) is 38.8. The molecule has 4 aliphatic heterocycles. The van der Waals surface area contributed by atoms with Crippen molar-refractivity contribution in [1.29, 1.82) is 0 Å². The minimum atomic E-state index is -0.660. The highest BCUT2D eigenvalue weighted by atomic mass is 31.0. The first-order chi connectivity index (χ1) is 34.1. The van der Waals surface area contributed by atoms with Crippen LogP contribution in [-0.4, -0.2) is 99.1 Å². The Hall–Kier alpha value is -4.54. The molecule has 4 heterocycles. The van der Waals surface area contributed by atoms with Gasteiger partial charge in [-0.15, -0.1) is 0 Å². The summed E-state index contributed by atoms with van der Waals surface area (Å²) in [5.74, 6) is 13.4. The van der Waals surface area contributed by atoms with Gasteiger partial charge in [0.25, 0.3) is 0 Å². The lowest BCUT2D eigenvalue weighted by Crippen LogP contribution is -2.18. The second kappa shape index (κ2) is 32.4. The second-order valence-corrected chi connectivity index (χ2v) is 16.7. The Labute approximate surface area is 415 Å². The van der Waals surface area contributed by atoms with E-state index in [9.17, 15) is 17.6 Å². The van der Waals surface area contributed by atoms with Crippen molar-refractivity contribution in [3.8, 4) is 46.7 Å². The Bertz CT molecular complexity index is 2190. The molecule has 0 aromatic heterocycles. The molecule has 4 fully saturated rings. The molecule has 70 heavy (non-hydrogen) atoms. The maximum absolute atomic E-state index is 12.7. The van der Waals surface area contributed by atoms with Gasteiger partial charge in [0.2, 0.25) is 0 Å². The maximum atomic E-state index is 12.7. The largest absolute Gasteiger partial charge is 0.491 e. The molecule has 10 atom stereocenters. The molecule has 4 aromatic rings. The second-order valence-electron chi connectivity index (χ2n) is 16.1. The van der Waals surface area contributed by atoms with E-state index in [2.05, 4.69) is 42.6 Å². The summed E-state index contributed by atoms with van der Waals surface area (Å²) in [6.07, 6.45) is 7.25. The normalized spacial score (nSPS) is 23.1. The van der Waals surface area contributed by atoms with Crippen LogP contribution in [0.1, 0.15) is 67.1 Å². The third kappa shape index (κ3) is 22.7. The zero-order valence-corrected chi connectivity index (χ0v) is 41.1. The number of rotatable bonds is 16. The highest BCUT2D eigenvalue weighted by Crippen LogP contribution is 2.25. The van der Waals surface area contributed by atoms with Crippen LogP contribution in [-0.2, 0) is 28.0 Å². The average Bonchev–Trinajstić information content (AvgIpc) is 4.22. The molecule has 8 rings (SSSR count). The smallest absolute Gasteiger partial charge is 0.161 e. The predicted octanol–water partition coefficient (Wildman–Crippen LogP) is 9.80. The molecule has 0 aliphatic carbocycles. The Morgan fingerprint density at radius 3 is 1.19 bits per heavy atom. The van der Waals surface area contributed by atoms with Crippen LogP contribution in [0, 0.1) is 47.0 Å². The molecule has 4 aliphatic rings. The summed E-state index contributed by atoms with van der Waals surface area (Å²) in [4.78, 5) is 0. The number of aliphatic hydroxyl groups excluding tert-OH is 2. The molecule has 0 bridgehead atoms. The van der Waals surface area contributed by atoms with Crippen molar-refractivity contribution in [2.75, 3.05) is 39.6 Å². The lowest BCUT2D eigenvalue weighted by Gasteiger charge is -2.13. The monoisotopic (exact) mass is 1020 g/mol. The van der Waals surface area contributed by atoms with E-state index in [1.54, 1.807) is 48.5 Å². The minimum absolute atomic E-state index is 0. The number of aliphatic hydroxyl groups is 2. The van der Waals surface area contributed by atoms with Crippen molar-refractivity contribution < 1.29 is 77.6 Å². The molecule has 4 saturated heterocycles. The topological polar surface area (TPSA) is 133 Å². The Morgan fingerprint density at radius 1 is 0.486 bits per heavy atom. The number of ether oxygens (including phenoxy) is 8. The molecule has 0 saturated carbocycles. The van der Waals surface area contributed by atoms with Gasteiger partial charge >= 0.3 is 0 Å². The highest BCUT2D eigenvalue weighted by molar-refractivity contribution is 7.10. The first-order valence-electron chi connectivity index (χ1n) is 23.2. The molecule has 8 unspecified atom stereocenters. The lowest BCUT2D eigenvalue weighted by atomic mass is 10.2. The number of benzene rings is 4. The van der Waals surface area contributed by atoms with E-state index in [1.165, 1.54) is 48.5 Å². The summed E-state index contributed by atoms with van der Waals surface area (Å²) >= 11 is 0. The summed E-state index contributed by atoms with van der Waals surface area (Å²) in [6, 6.07) is 23.7. The Morgan fingerprint density at radius 2 is 0.843 bits per heavy atom. The summed E-state index contributed by atoms with van der Waals surface area (Å²) in [5, 5.41) is 17.7. The van der Waals surface area contributed by atoms with Crippen LogP contribution in [0.4, 0.5) is 17.6 Å². The van der Waals surface area contributed by atoms with E-state index in [0.29, 0.717) is 75.3 Å². The summed E-state index contributed by atoms with van der Waals surface area (Å²) in [6.45, 7) is 2.47. The minimum Gasteiger partial charge on any atom is -0.491 e. The van der Waals surface area contributed by atoms with Crippen molar-refractivity contribution in [3.05, 3.63) is 120 Å². The fourth-order valence-corrected chi connectivity index (χ4v) is 7.31. The van der Waals surface area contributed by atoms with Crippen LogP contribution in [0.5, 0.6) is 23.0 Å². The van der Waals surface area contributed by atoms with Crippen LogP contribution in [0.2, 0.25) is 0 Å². The van der Waals surface area contributed by atoms with Crippen LogP contribution in [0.15, 0.2) is 97.1 Å². The first kappa shape index (κ1) is 56.4. The summed E-state index contributed by atoms with van der Waals surface area (Å²) in [7, 11) is 4.40. The van der Waals surface area contributed by atoms with Crippen molar-refractivity contribution >= 4 is 18.9 Å². The SMILES string of the molecule is Fc1ccc(OCC2CCC(C#CCCOP)O2)cc1.Fc1ccc(OCC2CCC(OP)O2)cc1.OC1CC[C@@H](COc2ccc(F)cc2)O1.OCCC#CC1CC[C@@H](COc2ccc(F)cc2)O1.[3HH].[3HH]. The van der Waals surface area contributed by atoms with E-state index >= 15 is 0 Å². The molecule has 0 radical (unpaired) electrons. The van der Waals surface area contributed by atoms with Crippen LogP contribution < -0.4 is 18.9 Å². The molecule has 4 aromatic carbocycles. The number of hydrogen-bond acceptors (Lipinski definition) is 12. The van der Waals surface area contributed by atoms with Gasteiger partial charge in [0.05, 0.1) is 37.6 Å². The van der Waals surface area contributed by atoms with Gasteiger partial charge < -0.3 is 57.2 Å². The summed E-state index contributed by atoms with van der Waals surface area (Å²) < 4.78 is 105. The van der Waals surface area contributed by atoms with E-state index < -0.39 is 6.29 Å². The molecule has 2 N–H and O–H groups in total. The molecule has 0 amide bonds. The Kier molecular flexibility index (Phi) is 26.1. The van der Waals surface area contributed by atoms with Gasteiger partial charge in [-0.05, 0) is 136 Å². The fourth-order valence-electron chi connectivity index (χ4n) is 6.99. The molecule has 384 valence electrons. The Balaban J connectivity index is 0.000000253. The maximum Gasteiger partial charge on any atom is 0.161 e.